The minimum atomic E-state index is 0.0505. The van der Waals surface area contributed by atoms with Crippen molar-refractivity contribution in [2.45, 2.75) is 11.9 Å². The van der Waals surface area contributed by atoms with Gasteiger partial charge in [0.25, 0.3) is 0 Å². The number of thioether (sulfide) groups is 1. The standard InChI is InChI=1S/C21H20N2O2S/c1-25-19-9-5-8-18(12-19)22-11-10-17(14-22)21-23(20(24)15-26-21)13-16-6-3-2-4-7-16/h2-12,14,21H,13,15H2,1H3/t21-/m1/s1. The number of carbonyl (C=O) groups excluding carboxylic acids is 1. The van der Waals surface area contributed by atoms with Gasteiger partial charge >= 0.3 is 0 Å². The lowest BCUT2D eigenvalue weighted by molar-refractivity contribution is -0.128. The molecule has 4 nitrogen and oxygen atoms in total. The van der Waals surface area contributed by atoms with Gasteiger partial charge in [-0.15, -0.1) is 11.8 Å². The van der Waals surface area contributed by atoms with E-state index >= 15 is 0 Å². The van der Waals surface area contributed by atoms with Gasteiger partial charge in [0.05, 0.1) is 12.9 Å². The van der Waals surface area contributed by atoms with Crippen molar-refractivity contribution in [3.8, 4) is 11.4 Å². The molecule has 2 aromatic carbocycles. The number of hydrogen-bond donors (Lipinski definition) is 0. The summed E-state index contributed by atoms with van der Waals surface area (Å²) in [5.41, 5.74) is 3.33. The number of rotatable bonds is 5. The molecular formula is C21H20N2O2S. The molecule has 1 aliphatic heterocycles. The van der Waals surface area contributed by atoms with Crippen LogP contribution in [0.2, 0.25) is 0 Å². The minimum Gasteiger partial charge on any atom is -0.497 e. The third-order valence-corrected chi connectivity index (χ3v) is 5.77. The van der Waals surface area contributed by atoms with E-state index in [1.807, 2.05) is 53.6 Å². The number of amides is 1. The van der Waals surface area contributed by atoms with Gasteiger partial charge in [0, 0.05) is 36.3 Å². The zero-order chi connectivity index (χ0) is 17.9. The van der Waals surface area contributed by atoms with Crippen LogP contribution in [-0.4, -0.2) is 28.2 Å². The van der Waals surface area contributed by atoms with Gasteiger partial charge in [0.15, 0.2) is 0 Å². The monoisotopic (exact) mass is 364 g/mol. The molecule has 0 spiro atoms. The summed E-state index contributed by atoms with van der Waals surface area (Å²) in [5.74, 6) is 1.55. The van der Waals surface area contributed by atoms with Crippen molar-refractivity contribution in [1.29, 1.82) is 0 Å². The third kappa shape index (κ3) is 3.35. The highest BCUT2D eigenvalue weighted by Crippen LogP contribution is 2.40. The Bertz CT molecular complexity index is 907. The van der Waals surface area contributed by atoms with Crippen LogP contribution < -0.4 is 4.74 Å². The first kappa shape index (κ1) is 16.8. The molecule has 132 valence electrons. The van der Waals surface area contributed by atoms with Crippen LogP contribution in [-0.2, 0) is 11.3 Å². The average Bonchev–Trinajstić information content (AvgIpc) is 3.30. The van der Waals surface area contributed by atoms with Gasteiger partial charge < -0.3 is 14.2 Å². The molecule has 1 aliphatic rings. The van der Waals surface area contributed by atoms with E-state index in [9.17, 15) is 4.79 Å². The zero-order valence-electron chi connectivity index (χ0n) is 14.5. The Morgan fingerprint density at radius 3 is 2.77 bits per heavy atom. The number of aromatic nitrogens is 1. The van der Waals surface area contributed by atoms with Crippen LogP contribution in [0.25, 0.3) is 5.69 Å². The van der Waals surface area contributed by atoms with E-state index in [1.54, 1.807) is 18.9 Å². The quantitative estimate of drug-likeness (QED) is 0.678. The van der Waals surface area contributed by atoms with Crippen molar-refractivity contribution < 1.29 is 9.53 Å². The van der Waals surface area contributed by atoms with E-state index in [0.29, 0.717) is 12.3 Å². The largest absolute Gasteiger partial charge is 0.497 e. The van der Waals surface area contributed by atoms with Crippen LogP contribution in [0.5, 0.6) is 5.75 Å². The van der Waals surface area contributed by atoms with Crippen LogP contribution in [0, 0.1) is 0 Å². The lowest BCUT2D eigenvalue weighted by atomic mass is 10.2. The van der Waals surface area contributed by atoms with Crippen molar-refractivity contribution in [2.24, 2.45) is 0 Å². The maximum atomic E-state index is 12.4. The Morgan fingerprint density at radius 1 is 1.12 bits per heavy atom. The van der Waals surface area contributed by atoms with Gasteiger partial charge in [0.2, 0.25) is 5.91 Å². The summed E-state index contributed by atoms with van der Waals surface area (Å²) in [6.45, 7) is 0.641. The van der Waals surface area contributed by atoms with Crippen molar-refractivity contribution in [1.82, 2.24) is 9.47 Å². The van der Waals surface area contributed by atoms with E-state index in [4.69, 9.17) is 4.74 Å². The molecule has 1 saturated heterocycles. The van der Waals surface area contributed by atoms with E-state index in [0.717, 1.165) is 22.6 Å². The number of benzene rings is 2. The Kier molecular flexibility index (Phi) is 4.71. The van der Waals surface area contributed by atoms with E-state index < -0.39 is 0 Å². The summed E-state index contributed by atoms with van der Waals surface area (Å²) in [4.78, 5) is 14.4. The van der Waals surface area contributed by atoms with E-state index in [2.05, 4.69) is 29.0 Å². The summed E-state index contributed by atoms with van der Waals surface area (Å²) in [6.07, 6.45) is 4.14. The highest BCUT2D eigenvalue weighted by molar-refractivity contribution is 8.00. The fraction of sp³-hybridized carbons (Fsp3) is 0.190. The molecule has 0 N–H and O–H groups in total. The summed E-state index contributed by atoms with van der Waals surface area (Å²) < 4.78 is 7.38. The zero-order valence-corrected chi connectivity index (χ0v) is 15.4. The van der Waals surface area contributed by atoms with Crippen LogP contribution in [0.3, 0.4) is 0 Å². The first-order valence-electron chi connectivity index (χ1n) is 8.52. The summed E-state index contributed by atoms with van der Waals surface area (Å²) >= 11 is 1.69. The molecule has 26 heavy (non-hydrogen) atoms. The molecule has 0 saturated carbocycles. The molecule has 5 heteroatoms. The first-order valence-corrected chi connectivity index (χ1v) is 9.57. The molecule has 0 unspecified atom stereocenters. The minimum absolute atomic E-state index is 0.0505. The second-order valence-electron chi connectivity index (χ2n) is 6.22. The molecule has 4 rings (SSSR count). The third-order valence-electron chi connectivity index (χ3n) is 4.52. The maximum absolute atomic E-state index is 12.4. The number of nitrogens with zero attached hydrogens (tertiary/aromatic N) is 2. The number of carbonyl (C=O) groups is 1. The normalized spacial score (nSPS) is 16.9. The fourth-order valence-corrected chi connectivity index (χ4v) is 4.34. The maximum Gasteiger partial charge on any atom is 0.234 e. The highest BCUT2D eigenvalue weighted by atomic mass is 32.2. The summed E-state index contributed by atoms with van der Waals surface area (Å²) in [7, 11) is 1.67. The van der Waals surface area contributed by atoms with Gasteiger partial charge in [-0.1, -0.05) is 36.4 Å². The van der Waals surface area contributed by atoms with Crippen LogP contribution in [0.15, 0.2) is 73.1 Å². The Balaban J connectivity index is 1.58. The van der Waals surface area contributed by atoms with Crippen molar-refractivity contribution in [2.75, 3.05) is 12.9 Å². The molecule has 1 amide bonds. The molecule has 1 aromatic heterocycles. The number of hydrogen-bond acceptors (Lipinski definition) is 3. The van der Waals surface area contributed by atoms with Gasteiger partial charge in [0.1, 0.15) is 11.1 Å². The Hall–Kier alpha value is -2.66. The summed E-state index contributed by atoms with van der Waals surface area (Å²) in [5, 5.41) is 0.0505. The predicted molar refractivity (Wildman–Crippen MR) is 105 cm³/mol. The molecule has 1 atom stereocenters. The summed E-state index contributed by atoms with van der Waals surface area (Å²) in [6, 6.07) is 20.2. The molecular weight excluding hydrogens is 344 g/mol. The van der Waals surface area contributed by atoms with Gasteiger partial charge in [-0.3, -0.25) is 4.79 Å². The highest BCUT2D eigenvalue weighted by Gasteiger charge is 2.33. The average molecular weight is 364 g/mol. The van der Waals surface area contributed by atoms with E-state index in [-0.39, 0.29) is 11.3 Å². The van der Waals surface area contributed by atoms with Gasteiger partial charge in [-0.2, -0.15) is 0 Å². The molecule has 0 radical (unpaired) electrons. The first-order chi connectivity index (χ1) is 12.7. The van der Waals surface area contributed by atoms with Gasteiger partial charge in [-0.25, -0.2) is 0 Å². The molecule has 3 aromatic rings. The fourth-order valence-electron chi connectivity index (χ4n) is 3.17. The SMILES string of the molecule is COc1cccc(-n2ccc([C@H]3SCC(=O)N3Cc3ccccc3)c2)c1. The van der Waals surface area contributed by atoms with Crippen molar-refractivity contribution >= 4 is 17.7 Å². The second kappa shape index (κ2) is 7.30. The second-order valence-corrected chi connectivity index (χ2v) is 7.29. The van der Waals surface area contributed by atoms with Crippen molar-refractivity contribution in [3.05, 3.63) is 84.2 Å². The van der Waals surface area contributed by atoms with Crippen LogP contribution in [0.4, 0.5) is 0 Å². The Labute approximate surface area is 157 Å². The molecule has 1 fully saturated rings. The van der Waals surface area contributed by atoms with Crippen LogP contribution in [0.1, 0.15) is 16.5 Å². The predicted octanol–water partition coefficient (Wildman–Crippen LogP) is 4.26. The molecule has 2 heterocycles. The van der Waals surface area contributed by atoms with Crippen LogP contribution >= 0.6 is 11.8 Å². The lowest BCUT2D eigenvalue weighted by Crippen LogP contribution is -2.27. The smallest absolute Gasteiger partial charge is 0.234 e. The number of methoxy groups -OCH3 is 1. The lowest BCUT2D eigenvalue weighted by Gasteiger charge is -2.23. The number of ether oxygens (including phenoxy) is 1. The Morgan fingerprint density at radius 2 is 1.96 bits per heavy atom. The van der Waals surface area contributed by atoms with E-state index in [1.165, 1.54) is 0 Å². The topological polar surface area (TPSA) is 34.5 Å². The molecule has 0 aliphatic carbocycles. The molecule has 0 bridgehead atoms. The van der Waals surface area contributed by atoms with Crippen molar-refractivity contribution in [3.63, 3.8) is 0 Å². The van der Waals surface area contributed by atoms with Gasteiger partial charge in [-0.05, 0) is 23.8 Å².